The first-order valence-corrected chi connectivity index (χ1v) is 9.60. The molecule has 0 unspecified atom stereocenters. The standard InChI is InChI=1S/C17H16N8O3S/c1-9-5-7-13(8-6-9)29(27,28)23-12(4)20-14-10(2)15(21-24-18)17(26)16(11(14)3)22-25-19/h5-8H,1-4H3/b23-12-. The number of amidine groups is 1. The average Bonchev–Trinajstić information content (AvgIpc) is 2.66. The molecule has 0 aliphatic heterocycles. The Morgan fingerprint density at radius 2 is 1.41 bits per heavy atom. The van der Waals surface area contributed by atoms with Gasteiger partial charge in [0.25, 0.3) is 10.0 Å². The first kappa shape index (κ1) is 21.6. The Morgan fingerprint density at radius 3 is 1.86 bits per heavy atom. The minimum absolute atomic E-state index is 0.00513. The lowest BCUT2D eigenvalue weighted by molar-refractivity contribution is -0.112. The summed E-state index contributed by atoms with van der Waals surface area (Å²) < 4.78 is 28.6. The highest BCUT2D eigenvalue weighted by Crippen LogP contribution is 2.27. The van der Waals surface area contributed by atoms with E-state index in [4.69, 9.17) is 11.1 Å². The molecule has 148 valence electrons. The van der Waals surface area contributed by atoms with Gasteiger partial charge in [-0.05, 0) is 62.0 Å². The lowest BCUT2D eigenvalue weighted by atomic mass is 9.92. The van der Waals surface area contributed by atoms with E-state index in [1.54, 1.807) is 12.1 Å². The Balaban J connectivity index is 2.63. The summed E-state index contributed by atoms with van der Waals surface area (Å²) in [5, 5.41) is 6.71. The van der Waals surface area contributed by atoms with E-state index in [-0.39, 0.29) is 39.0 Å². The summed E-state index contributed by atoms with van der Waals surface area (Å²) >= 11 is 0. The van der Waals surface area contributed by atoms with Crippen molar-refractivity contribution in [3.05, 3.63) is 73.3 Å². The molecule has 1 aliphatic carbocycles. The molecule has 2 rings (SSSR count). The van der Waals surface area contributed by atoms with E-state index in [1.807, 2.05) is 6.92 Å². The molecule has 0 aromatic heterocycles. The fourth-order valence-electron chi connectivity index (χ4n) is 2.58. The van der Waals surface area contributed by atoms with Crippen molar-refractivity contribution in [2.75, 3.05) is 0 Å². The van der Waals surface area contributed by atoms with Crippen LogP contribution in [0, 0.1) is 6.92 Å². The molecule has 0 N–H and O–H groups in total. The van der Waals surface area contributed by atoms with Gasteiger partial charge in [-0.15, -0.1) is 4.40 Å². The second-order valence-corrected chi connectivity index (χ2v) is 7.65. The van der Waals surface area contributed by atoms with Gasteiger partial charge in [-0.3, -0.25) is 4.79 Å². The molecule has 1 aliphatic rings. The minimum Gasteiger partial charge on any atom is -0.289 e. The number of aliphatic imine (C=N–C) groups is 1. The van der Waals surface area contributed by atoms with Crippen LogP contribution in [0.5, 0.6) is 0 Å². The third-order valence-electron chi connectivity index (χ3n) is 3.99. The largest absolute Gasteiger partial charge is 0.289 e. The molecule has 0 amide bonds. The van der Waals surface area contributed by atoms with Gasteiger partial charge in [0.2, 0.25) is 0 Å². The van der Waals surface area contributed by atoms with Crippen molar-refractivity contribution in [1.82, 2.24) is 0 Å². The fourth-order valence-corrected chi connectivity index (χ4v) is 3.55. The summed E-state index contributed by atoms with van der Waals surface area (Å²) in [4.78, 5) is 21.8. The van der Waals surface area contributed by atoms with Gasteiger partial charge in [-0.1, -0.05) is 27.9 Å². The van der Waals surface area contributed by atoms with Gasteiger partial charge in [0.1, 0.15) is 5.84 Å². The monoisotopic (exact) mass is 412 g/mol. The van der Waals surface area contributed by atoms with Crippen LogP contribution in [0.25, 0.3) is 20.9 Å². The number of Topliss-reactive ketones (excluding diaryl/α,β-unsaturated/α-hetero) is 1. The summed E-state index contributed by atoms with van der Waals surface area (Å²) in [6.07, 6.45) is 0. The van der Waals surface area contributed by atoms with Crippen LogP contribution in [0.4, 0.5) is 0 Å². The van der Waals surface area contributed by atoms with Crippen molar-refractivity contribution in [2.24, 2.45) is 19.6 Å². The predicted molar refractivity (Wildman–Crippen MR) is 108 cm³/mol. The predicted octanol–water partition coefficient (Wildman–Crippen LogP) is 4.29. The van der Waals surface area contributed by atoms with E-state index in [1.165, 1.54) is 32.9 Å². The second-order valence-electron chi connectivity index (χ2n) is 6.04. The molecule has 29 heavy (non-hydrogen) atoms. The number of allylic oxidation sites excluding steroid dienone is 2. The molecule has 0 saturated carbocycles. The van der Waals surface area contributed by atoms with Crippen molar-refractivity contribution in [3.8, 4) is 0 Å². The van der Waals surface area contributed by atoms with Gasteiger partial charge in [0, 0.05) is 9.82 Å². The van der Waals surface area contributed by atoms with Crippen LogP contribution in [0.2, 0.25) is 0 Å². The number of benzene rings is 1. The number of nitrogens with zero attached hydrogens (tertiary/aromatic N) is 8. The van der Waals surface area contributed by atoms with E-state index in [0.29, 0.717) is 0 Å². The van der Waals surface area contributed by atoms with Crippen molar-refractivity contribution in [1.29, 1.82) is 0 Å². The Bertz CT molecular complexity index is 1160. The summed E-state index contributed by atoms with van der Waals surface area (Å²) in [5.41, 5.74) is 18.3. The number of rotatable bonds is 4. The van der Waals surface area contributed by atoms with Crippen LogP contribution >= 0.6 is 0 Å². The minimum atomic E-state index is -4.00. The lowest BCUT2D eigenvalue weighted by Gasteiger charge is -2.18. The Morgan fingerprint density at radius 1 is 0.931 bits per heavy atom. The van der Waals surface area contributed by atoms with Crippen molar-refractivity contribution in [2.45, 2.75) is 32.6 Å². The Kier molecular flexibility index (Phi) is 6.35. The number of azide groups is 2. The van der Waals surface area contributed by atoms with Crippen LogP contribution in [0.3, 0.4) is 0 Å². The highest BCUT2D eigenvalue weighted by Gasteiger charge is 2.28. The molecule has 0 atom stereocenters. The molecular formula is C17H16N8O3S. The molecule has 0 radical (unpaired) electrons. The molecule has 1 aromatic carbocycles. The van der Waals surface area contributed by atoms with E-state index in [2.05, 4.69) is 29.4 Å². The topological polar surface area (TPSA) is 173 Å². The highest BCUT2D eigenvalue weighted by molar-refractivity contribution is 7.90. The first-order chi connectivity index (χ1) is 13.6. The number of hydrogen-bond acceptors (Lipinski definition) is 5. The number of carbonyl (C=O) groups is 1. The van der Waals surface area contributed by atoms with Crippen LogP contribution in [-0.4, -0.2) is 25.7 Å². The third kappa shape index (κ3) is 4.58. The van der Waals surface area contributed by atoms with Gasteiger partial charge in [0.15, 0.2) is 5.78 Å². The maximum atomic E-state index is 12.5. The van der Waals surface area contributed by atoms with Gasteiger partial charge in [-0.25, -0.2) is 4.99 Å². The summed E-state index contributed by atoms with van der Waals surface area (Å²) in [6.45, 7) is 6.17. The highest BCUT2D eigenvalue weighted by atomic mass is 32.2. The average molecular weight is 412 g/mol. The fraction of sp³-hybridized carbons (Fsp3) is 0.235. The van der Waals surface area contributed by atoms with Crippen LogP contribution in [0.15, 0.2) is 71.3 Å². The smallest absolute Gasteiger partial charge is 0.283 e. The molecule has 0 spiro atoms. The van der Waals surface area contributed by atoms with Gasteiger partial charge in [0.05, 0.1) is 22.0 Å². The molecule has 11 nitrogen and oxygen atoms in total. The molecule has 0 heterocycles. The summed E-state index contributed by atoms with van der Waals surface area (Å²) in [6, 6.07) is 6.16. The van der Waals surface area contributed by atoms with E-state index >= 15 is 0 Å². The quantitative estimate of drug-likeness (QED) is 0.179. The van der Waals surface area contributed by atoms with Gasteiger partial charge in [-0.2, -0.15) is 8.42 Å². The maximum Gasteiger partial charge on any atom is 0.283 e. The normalized spacial score (nSPS) is 15.1. The van der Waals surface area contributed by atoms with Gasteiger partial charge >= 0.3 is 0 Å². The number of carbonyl (C=O) groups excluding carboxylic acids is 1. The van der Waals surface area contributed by atoms with Crippen molar-refractivity contribution in [3.63, 3.8) is 0 Å². The molecule has 0 fully saturated rings. The summed E-state index contributed by atoms with van der Waals surface area (Å²) in [5.74, 6) is -0.856. The molecule has 0 bridgehead atoms. The third-order valence-corrected chi connectivity index (χ3v) is 5.36. The maximum absolute atomic E-state index is 12.5. The van der Waals surface area contributed by atoms with Crippen LogP contribution < -0.4 is 0 Å². The molecule has 1 aromatic rings. The van der Waals surface area contributed by atoms with Gasteiger partial charge < -0.3 is 0 Å². The van der Waals surface area contributed by atoms with Crippen molar-refractivity contribution >= 4 is 27.4 Å². The lowest BCUT2D eigenvalue weighted by Crippen LogP contribution is -2.21. The number of aryl methyl sites for hydroxylation is 1. The number of hydrogen-bond donors (Lipinski definition) is 0. The Hall–Kier alpha value is -3.72. The SMILES string of the molecule is CC1=C(N=[N+]=[N-])C(=O)C(N=[N+]=[N-])=C(C)C1=N/C(C)=N\S(=O)(=O)c1ccc(C)cc1. The molecule has 0 saturated heterocycles. The second kappa shape index (κ2) is 8.53. The van der Waals surface area contributed by atoms with Crippen molar-refractivity contribution < 1.29 is 13.2 Å². The zero-order valence-corrected chi connectivity index (χ0v) is 16.8. The Labute approximate surface area is 166 Å². The van der Waals surface area contributed by atoms with Crippen LogP contribution in [-0.2, 0) is 14.8 Å². The summed E-state index contributed by atoms with van der Waals surface area (Å²) in [7, 11) is -4.00. The van der Waals surface area contributed by atoms with Crippen LogP contribution in [0.1, 0.15) is 26.3 Å². The first-order valence-electron chi connectivity index (χ1n) is 8.16. The molecule has 12 heteroatoms. The number of ketones is 1. The van der Waals surface area contributed by atoms with E-state index < -0.39 is 15.8 Å². The zero-order chi connectivity index (χ0) is 21.8. The van der Waals surface area contributed by atoms with E-state index in [0.717, 1.165) is 5.56 Å². The zero-order valence-electron chi connectivity index (χ0n) is 16.0. The van der Waals surface area contributed by atoms with E-state index in [9.17, 15) is 13.2 Å². The molecular weight excluding hydrogens is 396 g/mol. The number of sulfonamides is 1.